The van der Waals surface area contributed by atoms with Crippen LogP contribution in [0.15, 0.2) is 78.9 Å². The van der Waals surface area contributed by atoms with Crippen LogP contribution < -0.4 is 24.8 Å². The quantitative estimate of drug-likeness (QED) is 0.199. The van der Waals surface area contributed by atoms with Crippen molar-refractivity contribution in [3.05, 3.63) is 107 Å². The van der Waals surface area contributed by atoms with Crippen molar-refractivity contribution in [2.24, 2.45) is 0 Å². The molecular weight excluding hydrogens is 646 g/mol. The van der Waals surface area contributed by atoms with Crippen LogP contribution in [0.1, 0.15) is 63.8 Å². The molecule has 0 fully saturated rings. The van der Waals surface area contributed by atoms with Gasteiger partial charge in [0.2, 0.25) is 0 Å². The molecule has 186 valence electrons. The Bertz CT molecular complexity index is 1220. The number of halogens is 2. The Hall–Kier alpha value is -1.67. The van der Waals surface area contributed by atoms with Crippen molar-refractivity contribution in [3.8, 4) is 33.4 Å². The van der Waals surface area contributed by atoms with E-state index in [4.69, 9.17) is 0 Å². The summed E-state index contributed by atoms with van der Waals surface area (Å²) < 4.78 is 0. The Balaban J connectivity index is 0.00000152. The average Bonchev–Trinajstić information content (AvgIpc) is 3.14. The Morgan fingerprint density at radius 2 is 1.08 bits per heavy atom. The van der Waals surface area contributed by atoms with Crippen LogP contribution in [-0.2, 0) is 43.1 Å². The summed E-state index contributed by atoms with van der Waals surface area (Å²) in [6, 6.07) is 32.8. The van der Waals surface area contributed by atoms with E-state index in [0.29, 0.717) is 0 Å². The van der Waals surface area contributed by atoms with E-state index in [9.17, 15) is 0 Å². The summed E-state index contributed by atoms with van der Waals surface area (Å²) in [6.45, 7) is 13.9. The zero-order valence-electron chi connectivity index (χ0n) is 22.0. The molecule has 0 nitrogen and oxygen atoms in total. The second kappa shape index (κ2) is 11.4. The summed E-state index contributed by atoms with van der Waals surface area (Å²) in [5.74, 6) is 0. The average molecular weight is 679 g/mol. The Morgan fingerprint density at radius 1 is 0.583 bits per heavy atom. The third-order valence-electron chi connectivity index (χ3n) is 6.82. The minimum Gasteiger partial charge on any atom is -1.00 e. The van der Waals surface area contributed by atoms with Gasteiger partial charge in [-0.1, -0.05) is 131 Å². The largest absolute Gasteiger partial charge is 1.00 e. The van der Waals surface area contributed by atoms with Crippen molar-refractivity contribution in [3.63, 3.8) is 0 Å². The molecule has 0 spiro atoms. The van der Waals surface area contributed by atoms with Gasteiger partial charge in [-0.15, -0.1) is 28.8 Å². The molecule has 0 atom stereocenters. The number of rotatable bonds is 2. The van der Waals surface area contributed by atoms with Crippen LogP contribution in [0.25, 0.3) is 33.4 Å². The topological polar surface area (TPSA) is 0 Å². The van der Waals surface area contributed by atoms with E-state index in [0.717, 1.165) is 6.42 Å². The van der Waals surface area contributed by atoms with E-state index in [1.54, 1.807) is 0 Å². The zero-order valence-corrected chi connectivity index (χ0v) is 27.1. The van der Waals surface area contributed by atoms with Gasteiger partial charge in [0.25, 0.3) is 0 Å². The molecule has 5 rings (SSSR count). The molecule has 4 aromatic rings. The molecule has 0 saturated carbocycles. The van der Waals surface area contributed by atoms with Gasteiger partial charge >= 0.3 is 0 Å². The molecule has 0 aliphatic heterocycles. The maximum atomic E-state index is 3.88. The van der Waals surface area contributed by atoms with E-state index >= 15 is 0 Å². The van der Waals surface area contributed by atoms with Crippen molar-refractivity contribution in [2.45, 2.75) is 58.8 Å². The fourth-order valence-corrected chi connectivity index (χ4v) is 5.10. The van der Waals surface area contributed by atoms with Gasteiger partial charge < -0.3 is 24.8 Å². The number of fused-ring (bicyclic) bond motifs is 3. The molecule has 0 bridgehead atoms. The minimum absolute atomic E-state index is 0. The van der Waals surface area contributed by atoms with Crippen LogP contribution in [0.3, 0.4) is 0 Å². The van der Waals surface area contributed by atoms with Gasteiger partial charge in [0.15, 0.2) is 0 Å². The van der Waals surface area contributed by atoms with Crippen molar-refractivity contribution in [2.75, 3.05) is 0 Å². The molecule has 3 heteroatoms. The van der Waals surface area contributed by atoms with Gasteiger partial charge in [-0.2, -0.15) is 0 Å². The second-order valence-electron chi connectivity index (χ2n) is 11.4. The van der Waals surface area contributed by atoms with Crippen LogP contribution in [-0.4, -0.2) is 0 Å². The van der Waals surface area contributed by atoms with Crippen molar-refractivity contribution < 1.29 is 50.7 Å². The van der Waals surface area contributed by atoms with E-state index in [2.05, 4.69) is 126 Å². The van der Waals surface area contributed by atoms with Crippen molar-refractivity contribution in [1.82, 2.24) is 0 Å². The first kappa shape index (κ1) is 30.6. The summed E-state index contributed by atoms with van der Waals surface area (Å²) in [6.07, 6.45) is 0.944. The van der Waals surface area contributed by atoms with Gasteiger partial charge in [0.1, 0.15) is 0 Å². The first-order valence-electron chi connectivity index (χ1n) is 12.0. The monoisotopic (exact) mass is 679 g/mol. The first-order valence-corrected chi connectivity index (χ1v) is 12.0. The fraction of sp³-hybridized carbons (Fsp3) is 0.273. The Morgan fingerprint density at radius 3 is 1.61 bits per heavy atom. The molecule has 0 saturated heterocycles. The van der Waals surface area contributed by atoms with Crippen molar-refractivity contribution in [1.29, 1.82) is 0 Å². The van der Waals surface area contributed by atoms with Crippen LogP contribution >= 0.6 is 0 Å². The second-order valence-corrected chi connectivity index (χ2v) is 11.4. The Labute approximate surface area is 248 Å². The molecule has 1 aliphatic carbocycles. The van der Waals surface area contributed by atoms with Crippen LogP contribution in [0.2, 0.25) is 0 Å². The summed E-state index contributed by atoms with van der Waals surface area (Å²) in [4.78, 5) is 0. The molecule has 0 amide bonds. The maximum Gasteiger partial charge on any atom is 0 e. The van der Waals surface area contributed by atoms with Gasteiger partial charge in [-0.05, 0) is 39.5 Å². The third-order valence-corrected chi connectivity index (χ3v) is 6.82. The minimum atomic E-state index is 0. The molecule has 0 heterocycles. The zero-order chi connectivity index (χ0) is 23.4. The van der Waals surface area contributed by atoms with Gasteiger partial charge in [0, 0.05) is 25.8 Å². The number of hydrogen-bond acceptors (Lipinski definition) is 0. The summed E-state index contributed by atoms with van der Waals surface area (Å²) in [7, 11) is 0. The van der Waals surface area contributed by atoms with E-state index in [1.807, 2.05) is 0 Å². The SMILES string of the molecule is CC(C)(C)c1cc2c([c-]c1-c1ccccc1)Cc1cc(-c3ccccc3)c(C(C)(C)C)cc1-2.[Cl-].[Cl-].[Hf]. The molecule has 0 aromatic heterocycles. The molecule has 4 aromatic carbocycles. The Kier molecular flexibility index (Phi) is 9.66. The normalized spacial score (nSPS) is 11.9. The van der Waals surface area contributed by atoms with Crippen molar-refractivity contribution >= 4 is 0 Å². The predicted octanol–water partition coefficient (Wildman–Crippen LogP) is 2.99. The number of benzene rings is 4. The standard InChI is InChI=1S/C33H33.2ClH.Hf/c1-32(2,3)30-20-26-24(18-28(30)22-13-9-7-10-14-22)17-25-19-29(23-15-11-8-12-16-23)31(21-27(25)26)33(4,5)6;;;/h7-16,18,20-21H,17H2,1-6H3;2*1H;/q-1;;;/p-2. The molecule has 1 aliphatic rings. The molecule has 0 N–H and O–H groups in total. The summed E-state index contributed by atoms with van der Waals surface area (Å²) in [5.41, 5.74) is 13.5. The molecular formula is C33H33Cl2Hf-3. The molecule has 0 radical (unpaired) electrons. The molecule has 36 heavy (non-hydrogen) atoms. The van der Waals surface area contributed by atoms with Crippen LogP contribution in [0, 0.1) is 6.07 Å². The smallest absolute Gasteiger partial charge is 0 e. The van der Waals surface area contributed by atoms with Gasteiger partial charge in [0.05, 0.1) is 0 Å². The van der Waals surface area contributed by atoms with Gasteiger partial charge in [-0.3, -0.25) is 0 Å². The van der Waals surface area contributed by atoms with Crippen LogP contribution in [0.5, 0.6) is 0 Å². The van der Waals surface area contributed by atoms with Crippen LogP contribution in [0.4, 0.5) is 0 Å². The fourth-order valence-electron chi connectivity index (χ4n) is 5.10. The van der Waals surface area contributed by atoms with E-state index in [1.165, 1.54) is 55.6 Å². The molecule has 0 unspecified atom stereocenters. The van der Waals surface area contributed by atoms with Gasteiger partial charge in [-0.25, -0.2) is 0 Å². The maximum absolute atomic E-state index is 3.88. The first-order chi connectivity index (χ1) is 15.6. The summed E-state index contributed by atoms with van der Waals surface area (Å²) >= 11 is 0. The predicted molar refractivity (Wildman–Crippen MR) is 142 cm³/mol. The van der Waals surface area contributed by atoms with E-state index in [-0.39, 0.29) is 61.5 Å². The summed E-state index contributed by atoms with van der Waals surface area (Å²) in [5, 5.41) is 0. The third kappa shape index (κ3) is 5.74. The van der Waals surface area contributed by atoms with E-state index < -0.39 is 0 Å². The number of hydrogen-bond donors (Lipinski definition) is 0.